The van der Waals surface area contributed by atoms with Gasteiger partial charge in [-0.25, -0.2) is 0 Å². The molecule has 72 valence electrons. The van der Waals surface area contributed by atoms with Crippen LogP contribution in [0.3, 0.4) is 0 Å². The van der Waals surface area contributed by atoms with Crippen LogP contribution in [0, 0.1) is 0 Å². The second kappa shape index (κ2) is 4.02. The number of aromatic nitrogens is 3. The fourth-order valence-electron chi connectivity index (χ4n) is 1.39. The van der Waals surface area contributed by atoms with Gasteiger partial charge in [0.05, 0.1) is 11.9 Å². The van der Waals surface area contributed by atoms with Crippen molar-refractivity contribution in [2.45, 2.75) is 6.42 Å². The first-order chi connectivity index (χ1) is 6.92. The molecule has 0 aliphatic heterocycles. The number of rotatable bonds is 3. The molecule has 0 fully saturated rings. The number of aromatic amines is 1. The highest BCUT2D eigenvalue weighted by Gasteiger charge is 2.06. The van der Waals surface area contributed by atoms with Crippen molar-refractivity contribution in [3.8, 4) is 11.3 Å². The van der Waals surface area contributed by atoms with Crippen molar-refractivity contribution in [2.75, 3.05) is 6.54 Å². The van der Waals surface area contributed by atoms with E-state index in [1.165, 1.54) is 0 Å². The van der Waals surface area contributed by atoms with E-state index >= 15 is 0 Å². The van der Waals surface area contributed by atoms with Crippen LogP contribution < -0.4 is 5.73 Å². The summed E-state index contributed by atoms with van der Waals surface area (Å²) < 4.78 is 0. The summed E-state index contributed by atoms with van der Waals surface area (Å²) in [5.74, 6) is 0. The van der Waals surface area contributed by atoms with Gasteiger partial charge in [-0.15, -0.1) is 0 Å². The monoisotopic (exact) mass is 188 g/mol. The summed E-state index contributed by atoms with van der Waals surface area (Å²) in [4.78, 5) is 4.26. The van der Waals surface area contributed by atoms with Crippen LogP contribution in [0.5, 0.6) is 0 Å². The molecule has 0 bridgehead atoms. The molecule has 0 unspecified atom stereocenters. The third kappa shape index (κ3) is 1.65. The summed E-state index contributed by atoms with van der Waals surface area (Å²) in [7, 11) is 0. The van der Waals surface area contributed by atoms with Crippen LogP contribution in [0.25, 0.3) is 11.3 Å². The maximum atomic E-state index is 5.50. The Labute approximate surface area is 82.2 Å². The predicted octanol–water partition coefficient (Wildman–Crippen LogP) is 0.973. The van der Waals surface area contributed by atoms with Gasteiger partial charge >= 0.3 is 0 Å². The molecule has 2 aromatic rings. The van der Waals surface area contributed by atoms with Crippen molar-refractivity contribution in [2.24, 2.45) is 5.73 Å². The molecule has 4 heteroatoms. The lowest BCUT2D eigenvalue weighted by atomic mass is 10.1. The molecule has 2 rings (SSSR count). The first kappa shape index (κ1) is 8.90. The van der Waals surface area contributed by atoms with Crippen LogP contribution in [0.2, 0.25) is 0 Å². The standard InChI is InChI=1S/C10H12N4/c11-5-4-10-8(7-13-14-10)9-3-1-2-6-12-9/h1-3,6-7H,4-5,11H2,(H,13,14). The molecule has 2 aromatic heterocycles. The van der Waals surface area contributed by atoms with Crippen molar-refractivity contribution in [3.05, 3.63) is 36.3 Å². The minimum absolute atomic E-state index is 0.613. The zero-order valence-corrected chi connectivity index (χ0v) is 7.77. The highest BCUT2D eigenvalue weighted by atomic mass is 15.1. The van der Waals surface area contributed by atoms with Crippen molar-refractivity contribution < 1.29 is 0 Å². The van der Waals surface area contributed by atoms with Crippen LogP contribution >= 0.6 is 0 Å². The van der Waals surface area contributed by atoms with E-state index in [1.807, 2.05) is 18.2 Å². The van der Waals surface area contributed by atoms with E-state index in [0.29, 0.717) is 6.54 Å². The predicted molar refractivity (Wildman–Crippen MR) is 54.6 cm³/mol. The minimum atomic E-state index is 0.613. The van der Waals surface area contributed by atoms with Gasteiger partial charge in [0.25, 0.3) is 0 Å². The van der Waals surface area contributed by atoms with Gasteiger partial charge in [-0.3, -0.25) is 10.1 Å². The second-order valence-electron chi connectivity index (χ2n) is 3.02. The Morgan fingerprint density at radius 3 is 3.00 bits per heavy atom. The molecule has 3 N–H and O–H groups in total. The number of nitrogens with two attached hydrogens (primary N) is 1. The van der Waals surface area contributed by atoms with Crippen molar-refractivity contribution >= 4 is 0 Å². The lowest BCUT2D eigenvalue weighted by Gasteiger charge is -1.99. The van der Waals surface area contributed by atoms with E-state index in [9.17, 15) is 0 Å². The average molecular weight is 188 g/mol. The summed E-state index contributed by atoms with van der Waals surface area (Å²) in [5, 5.41) is 6.93. The summed E-state index contributed by atoms with van der Waals surface area (Å²) in [6.07, 6.45) is 4.35. The van der Waals surface area contributed by atoms with Gasteiger partial charge in [-0.05, 0) is 18.7 Å². The summed E-state index contributed by atoms with van der Waals surface area (Å²) in [5.41, 5.74) is 8.52. The first-order valence-corrected chi connectivity index (χ1v) is 4.55. The molecule has 0 atom stereocenters. The zero-order valence-electron chi connectivity index (χ0n) is 7.77. The topological polar surface area (TPSA) is 67.6 Å². The maximum Gasteiger partial charge on any atom is 0.0736 e. The minimum Gasteiger partial charge on any atom is -0.330 e. The molecule has 14 heavy (non-hydrogen) atoms. The fraction of sp³-hybridized carbons (Fsp3) is 0.200. The Kier molecular flexibility index (Phi) is 2.55. The third-order valence-electron chi connectivity index (χ3n) is 2.05. The third-order valence-corrected chi connectivity index (χ3v) is 2.05. The molecule has 0 spiro atoms. The number of pyridine rings is 1. The van der Waals surface area contributed by atoms with Crippen molar-refractivity contribution in [1.82, 2.24) is 15.2 Å². The van der Waals surface area contributed by atoms with Gasteiger partial charge in [0.1, 0.15) is 0 Å². The molecule has 4 nitrogen and oxygen atoms in total. The quantitative estimate of drug-likeness (QED) is 0.754. The van der Waals surface area contributed by atoms with E-state index < -0.39 is 0 Å². The molecular weight excluding hydrogens is 176 g/mol. The van der Waals surface area contributed by atoms with Gasteiger partial charge in [0, 0.05) is 23.9 Å². The fourth-order valence-corrected chi connectivity index (χ4v) is 1.39. The summed E-state index contributed by atoms with van der Waals surface area (Å²) in [6, 6.07) is 5.82. The van der Waals surface area contributed by atoms with Crippen LogP contribution in [0.4, 0.5) is 0 Å². The lowest BCUT2D eigenvalue weighted by molar-refractivity contribution is 0.902. The highest BCUT2D eigenvalue weighted by Crippen LogP contribution is 2.18. The van der Waals surface area contributed by atoms with Gasteiger partial charge in [0.2, 0.25) is 0 Å². The number of nitrogens with zero attached hydrogens (tertiary/aromatic N) is 2. The first-order valence-electron chi connectivity index (χ1n) is 4.55. The van der Waals surface area contributed by atoms with Gasteiger partial charge in [-0.1, -0.05) is 6.07 Å². The maximum absolute atomic E-state index is 5.50. The van der Waals surface area contributed by atoms with Crippen LogP contribution in [-0.2, 0) is 6.42 Å². The molecule has 0 saturated carbocycles. The summed E-state index contributed by atoms with van der Waals surface area (Å²) >= 11 is 0. The number of hydrogen-bond donors (Lipinski definition) is 2. The van der Waals surface area contributed by atoms with E-state index in [-0.39, 0.29) is 0 Å². The van der Waals surface area contributed by atoms with Gasteiger partial charge in [0.15, 0.2) is 0 Å². The Bertz CT molecular complexity index is 394. The largest absolute Gasteiger partial charge is 0.330 e. The molecule has 0 radical (unpaired) electrons. The Hall–Kier alpha value is -1.68. The Morgan fingerprint density at radius 1 is 1.36 bits per heavy atom. The number of H-pyrrole nitrogens is 1. The second-order valence-corrected chi connectivity index (χ2v) is 3.02. The summed E-state index contributed by atoms with van der Waals surface area (Å²) in [6.45, 7) is 0.613. The number of nitrogens with one attached hydrogen (secondary N) is 1. The van der Waals surface area contributed by atoms with Crippen LogP contribution in [-0.4, -0.2) is 21.7 Å². The van der Waals surface area contributed by atoms with Gasteiger partial charge in [-0.2, -0.15) is 5.10 Å². The van der Waals surface area contributed by atoms with E-state index in [2.05, 4.69) is 15.2 Å². The smallest absolute Gasteiger partial charge is 0.0736 e. The molecule has 0 aliphatic carbocycles. The van der Waals surface area contributed by atoms with E-state index in [1.54, 1.807) is 12.4 Å². The highest BCUT2D eigenvalue weighted by molar-refractivity contribution is 5.60. The lowest BCUT2D eigenvalue weighted by Crippen LogP contribution is -2.04. The molecule has 0 saturated heterocycles. The number of hydrogen-bond acceptors (Lipinski definition) is 3. The van der Waals surface area contributed by atoms with Crippen molar-refractivity contribution in [1.29, 1.82) is 0 Å². The van der Waals surface area contributed by atoms with Crippen LogP contribution in [0.15, 0.2) is 30.6 Å². The molecule has 0 amide bonds. The normalized spacial score (nSPS) is 10.4. The van der Waals surface area contributed by atoms with E-state index in [4.69, 9.17) is 5.73 Å². The van der Waals surface area contributed by atoms with Crippen molar-refractivity contribution in [3.63, 3.8) is 0 Å². The molecule has 0 aliphatic rings. The molecular formula is C10H12N4. The van der Waals surface area contributed by atoms with Crippen LogP contribution in [0.1, 0.15) is 5.69 Å². The van der Waals surface area contributed by atoms with Gasteiger partial charge < -0.3 is 5.73 Å². The average Bonchev–Trinajstić information content (AvgIpc) is 2.68. The SMILES string of the molecule is NCCc1[nH]ncc1-c1ccccn1. The Morgan fingerprint density at radius 2 is 2.29 bits per heavy atom. The van der Waals surface area contributed by atoms with E-state index in [0.717, 1.165) is 23.4 Å². The molecule has 2 heterocycles. The molecule has 0 aromatic carbocycles. The Balaban J connectivity index is 2.37. The zero-order chi connectivity index (χ0) is 9.80.